The third kappa shape index (κ3) is 5.58. The van der Waals surface area contributed by atoms with E-state index in [1.165, 1.54) is 5.56 Å². The number of rotatable bonds is 3. The number of piperidine rings is 1. The monoisotopic (exact) mass is 480 g/mol. The molecular weight excluding hydrogens is 453 g/mol. The van der Waals surface area contributed by atoms with Crippen molar-refractivity contribution in [3.63, 3.8) is 0 Å². The van der Waals surface area contributed by atoms with Crippen LogP contribution in [0.4, 0.5) is 13.2 Å². The molecule has 184 valence electrons. The number of H-pyrrole nitrogens is 1. The maximum Gasteiger partial charge on any atom is 0.490 e. The van der Waals surface area contributed by atoms with Gasteiger partial charge >= 0.3 is 12.1 Å². The first kappa shape index (κ1) is 25.3. The molecule has 1 aromatic heterocycles. The number of aliphatic carboxylic acids is 1. The summed E-state index contributed by atoms with van der Waals surface area (Å²) in [7, 11) is 1.89. The summed E-state index contributed by atoms with van der Waals surface area (Å²) in [6.07, 6.45) is -1.97. The fourth-order valence-corrected chi connectivity index (χ4v) is 4.35. The van der Waals surface area contributed by atoms with Crippen LogP contribution in [0.2, 0.25) is 0 Å². The van der Waals surface area contributed by atoms with Crippen LogP contribution in [0.25, 0.3) is 0 Å². The summed E-state index contributed by atoms with van der Waals surface area (Å²) in [6, 6.07) is 13.9. The number of nitrogens with zero attached hydrogens (tertiary/aromatic N) is 3. The molecule has 0 radical (unpaired) electrons. The summed E-state index contributed by atoms with van der Waals surface area (Å²) in [4.78, 5) is 43.7. The largest absolute Gasteiger partial charge is 0.490 e. The van der Waals surface area contributed by atoms with Gasteiger partial charge in [-0.3, -0.25) is 14.5 Å². The van der Waals surface area contributed by atoms with Gasteiger partial charge in [-0.2, -0.15) is 13.2 Å². The Hall–Kier alpha value is -3.34. The predicted octanol–water partition coefficient (Wildman–Crippen LogP) is 2.60. The van der Waals surface area contributed by atoms with Gasteiger partial charge in [-0.15, -0.1) is 0 Å². The maximum absolute atomic E-state index is 13.2. The van der Waals surface area contributed by atoms with E-state index >= 15 is 0 Å². The van der Waals surface area contributed by atoms with E-state index in [1.807, 2.05) is 41.1 Å². The molecule has 0 saturated carbocycles. The van der Waals surface area contributed by atoms with Crippen LogP contribution in [-0.4, -0.2) is 87.5 Å². The van der Waals surface area contributed by atoms with Crippen molar-refractivity contribution in [3.8, 4) is 0 Å². The summed E-state index contributed by atoms with van der Waals surface area (Å²) in [5.41, 5.74) is 1.33. The maximum atomic E-state index is 13.2. The Labute approximate surface area is 194 Å². The second kappa shape index (κ2) is 10.3. The summed E-state index contributed by atoms with van der Waals surface area (Å²) in [6.45, 7) is 3.58. The molecule has 2 amide bonds. The van der Waals surface area contributed by atoms with E-state index in [-0.39, 0.29) is 11.8 Å². The lowest BCUT2D eigenvalue weighted by Gasteiger charge is -2.52. The zero-order valence-corrected chi connectivity index (χ0v) is 18.7. The third-order valence-electron chi connectivity index (χ3n) is 6.22. The normalized spacial score (nSPS) is 18.4. The number of carbonyl (C=O) groups is 3. The highest BCUT2D eigenvalue weighted by molar-refractivity contribution is 5.93. The van der Waals surface area contributed by atoms with Crippen LogP contribution in [-0.2, 0) is 16.1 Å². The molecule has 2 N–H and O–H groups in total. The summed E-state index contributed by atoms with van der Waals surface area (Å²) in [5, 5.41) is 7.12. The molecular formula is C23H27F3N4O4. The van der Waals surface area contributed by atoms with Gasteiger partial charge in [0.15, 0.2) is 0 Å². The molecule has 3 heterocycles. The van der Waals surface area contributed by atoms with E-state index in [0.29, 0.717) is 31.6 Å². The van der Waals surface area contributed by atoms with Gasteiger partial charge in [0.25, 0.3) is 5.91 Å². The van der Waals surface area contributed by atoms with Crippen LogP contribution in [0.5, 0.6) is 0 Å². The lowest BCUT2D eigenvalue weighted by Crippen LogP contribution is -2.68. The minimum Gasteiger partial charge on any atom is -0.475 e. The van der Waals surface area contributed by atoms with E-state index in [2.05, 4.69) is 22.0 Å². The van der Waals surface area contributed by atoms with Crippen molar-refractivity contribution in [2.75, 3.05) is 33.2 Å². The Morgan fingerprint density at radius 3 is 2.18 bits per heavy atom. The number of likely N-dealkylation sites (tertiary alicyclic amines) is 1. The number of alkyl halides is 3. The fraction of sp³-hybridized carbons (Fsp3) is 0.435. The second-order valence-electron chi connectivity index (χ2n) is 8.34. The number of likely N-dealkylation sites (N-methyl/N-ethyl adjacent to an activating group) is 1. The zero-order valence-electron chi connectivity index (χ0n) is 18.7. The number of carboxylic acids is 1. The fourth-order valence-electron chi connectivity index (χ4n) is 4.35. The SMILES string of the molecule is CN1CCN(Cc2ccccc2)C2(CCN(C(=O)c3ccc[nH]3)CC2)C1=O.O=C(O)C(F)(F)F. The molecule has 2 aliphatic rings. The van der Waals surface area contributed by atoms with Crippen molar-refractivity contribution < 1.29 is 32.7 Å². The first-order chi connectivity index (χ1) is 16.0. The minimum atomic E-state index is -5.08. The van der Waals surface area contributed by atoms with Gasteiger partial charge in [0, 0.05) is 46.0 Å². The number of hydrogen-bond acceptors (Lipinski definition) is 4. The van der Waals surface area contributed by atoms with Crippen molar-refractivity contribution in [3.05, 3.63) is 59.9 Å². The van der Waals surface area contributed by atoms with Gasteiger partial charge in [-0.05, 0) is 30.5 Å². The van der Waals surface area contributed by atoms with Crippen molar-refractivity contribution >= 4 is 17.8 Å². The molecule has 2 saturated heterocycles. The summed E-state index contributed by atoms with van der Waals surface area (Å²) in [5.74, 6) is -2.55. The Morgan fingerprint density at radius 1 is 1.03 bits per heavy atom. The van der Waals surface area contributed by atoms with Crippen LogP contribution >= 0.6 is 0 Å². The molecule has 0 aliphatic carbocycles. The number of amides is 2. The van der Waals surface area contributed by atoms with E-state index in [9.17, 15) is 22.8 Å². The summed E-state index contributed by atoms with van der Waals surface area (Å²) < 4.78 is 31.7. The Bertz CT molecular complexity index is 987. The minimum absolute atomic E-state index is 0.0149. The van der Waals surface area contributed by atoms with Gasteiger partial charge in [0.2, 0.25) is 5.91 Å². The van der Waals surface area contributed by atoms with Gasteiger partial charge in [0.1, 0.15) is 11.2 Å². The number of benzene rings is 1. The number of aromatic amines is 1. The molecule has 4 rings (SSSR count). The first-order valence-corrected chi connectivity index (χ1v) is 10.8. The average Bonchev–Trinajstić information content (AvgIpc) is 3.35. The van der Waals surface area contributed by atoms with Gasteiger partial charge < -0.3 is 19.9 Å². The highest BCUT2D eigenvalue weighted by Gasteiger charge is 2.50. The van der Waals surface area contributed by atoms with E-state index in [4.69, 9.17) is 9.90 Å². The molecule has 0 atom stereocenters. The predicted molar refractivity (Wildman–Crippen MR) is 117 cm³/mol. The van der Waals surface area contributed by atoms with E-state index < -0.39 is 17.7 Å². The summed E-state index contributed by atoms with van der Waals surface area (Å²) >= 11 is 0. The van der Waals surface area contributed by atoms with Crippen LogP contribution < -0.4 is 0 Å². The molecule has 8 nitrogen and oxygen atoms in total. The topological polar surface area (TPSA) is 97.0 Å². The third-order valence-corrected chi connectivity index (χ3v) is 6.22. The highest BCUT2D eigenvalue weighted by Crippen LogP contribution is 2.35. The van der Waals surface area contributed by atoms with Gasteiger partial charge in [0.05, 0.1) is 0 Å². The van der Waals surface area contributed by atoms with Gasteiger partial charge in [-0.1, -0.05) is 30.3 Å². The number of nitrogens with one attached hydrogen (secondary N) is 1. The zero-order chi connectivity index (χ0) is 24.9. The lowest BCUT2D eigenvalue weighted by atomic mass is 9.82. The molecule has 11 heteroatoms. The molecule has 2 aromatic rings. The number of hydrogen-bond donors (Lipinski definition) is 2. The second-order valence-corrected chi connectivity index (χ2v) is 8.34. The van der Waals surface area contributed by atoms with Crippen molar-refractivity contribution in [2.45, 2.75) is 31.1 Å². The average molecular weight is 480 g/mol. The number of carbonyl (C=O) groups excluding carboxylic acids is 2. The molecule has 34 heavy (non-hydrogen) atoms. The molecule has 0 unspecified atom stereocenters. The van der Waals surface area contributed by atoms with Crippen molar-refractivity contribution in [1.82, 2.24) is 19.7 Å². The number of aromatic nitrogens is 1. The molecule has 1 aromatic carbocycles. The van der Waals surface area contributed by atoms with Crippen LogP contribution in [0, 0.1) is 0 Å². The quantitative estimate of drug-likeness (QED) is 0.704. The Balaban J connectivity index is 0.000000406. The van der Waals surface area contributed by atoms with E-state index in [0.717, 1.165) is 19.6 Å². The molecule has 0 bridgehead atoms. The number of halogens is 3. The van der Waals surface area contributed by atoms with Crippen molar-refractivity contribution in [2.24, 2.45) is 0 Å². The van der Waals surface area contributed by atoms with E-state index in [1.54, 1.807) is 12.3 Å². The Kier molecular flexibility index (Phi) is 7.65. The smallest absolute Gasteiger partial charge is 0.475 e. The van der Waals surface area contributed by atoms with Crippen molar-refractivity contribution in [1.29, 1.82) is 0 Å². The molecule has 1 spiro atoms. The Morgan fingerprint density at radius 2 is 1.65 bits per heavy atom. The van der Waals surface area contributed by atoms with Crippen LogP contribution in [0.15, 0.2) is 48.7 Å². The number of carboxylic acid groups (broad SMARTS) is 1. The van der Waals surface area contributed by atoms with Crippen LogP contribution in [0.1, 0.15) is 28.9 Å². The lowest BCUT2D eigenvalue weighted by molar-refractivity contribution is -0.192. The standard InChI is InChI=1S/C21H26N4O2.C2HF3O2/c1-23-14-15-25(16-17-6-3-2-4-7-17)21(20(23)27)9-12-24(13-10-21)19(26)18-8-5-11-22-18;3-2(4,5)1(6)7/h2-8,11,22H,9-10,12-16H2,1H3;(H,6,7). The van der Waals surface area contributed by atoms with Crippen LogP contribution in [0.3, 0.4) is 0 Å². The van der Waals surface area contributed by atoms with Gasteiger partial charge in [-0.25, -0.2) is 4.79 Å². The number of piperazine rings is 1. The molecule has 2 fully saturated rings. The molecule has 2 aliphatic heterocycles. The highest BCUT2D eigenvalue weighted by atomic mass is 19.4. The first-order valence-electron chi connectivity index (χ1n) is 10.8.